The zero-order valence-corrected chi connectivity index (χ0v) is 10.1. The molecule has 0 spiro atoms. The number of nitrogens with one attached hydrogen (secondary N) is 1. The third-order valence-electron chi connectivity index (χ3n) is 2.24. The molecule has 1 rings (SSSR count). The molecule has 0 aliphatic carbocycles. The lowest BCUT2D eigenvalue weighted by molar-refractivity contribution is -0.120. The minimum Gasteiger partial charge on any atom is -0.496 e. The maximum absolute atomic E-state index is 11.6. The van der Waals surface area contributed by atoms with Crippen LogP contribution in [0.4, 0.5) is 5.69 Å². The van der Waals surface area contributed by atoms with Crippen molar-refractivity contribution in [3.8, 4) is 5.75 Å². The Hall–Kier alpha value is -1.55. The zero-order valence-electron chi connectivity index (χ0n) is 10.1. The highest BCUT2D eigenvalue weighted by Gasteiger charge is 2.21. The number of methoxy groups -OCH3 is 1. The van der Waals surface area contributed by atoms with Crippen LogP contribution in [0.2, 0.25) is 0 Å². The topological polar surface area (TPSA) is 64.3 Å². The van der Waals surface area contributed by atoms with Crippen molar-refractivity contribution in [1.82, 2.24) is 0 Å². The molecule has 1 aromatic rings. The number of amides is 1. The van der Waals surface area contributed by atoms with Crippen molar-refractivity contribution in [3.63, 3.8) is 0 Å². The standard InChI is InChI=1S/C12H18N2O2/c1-8-7-9(5-6-10(8)16-4)14-11(15)12(2,3)13/h5-7H,13H2,1-4H3,(H,14,15). The van der Waals surface area contributed by atoms with Gasteiger partial charge in [-0.2, -0.15) is 0 Å². The van der Waals surface area contributed by atoms with Crippen LogP contribution in [0.5, 0.6) is 5.75 Å². The number of carbonyl (C=O) groups is 1. The number of rotatable bonds is 3. The lowest BCUT2D eigenvalue weighted by Crippen LogP contribution is -2.45. The average Bonchev–Trinajstić information content (AvgIpc) is 2.16. The minimum atomic E-state index is -0.881. The molecule has 88 valence electrons. The number of nitrogens with two attached hydrogens (primary N) is 1. The fourth-order valence-electron chi connectivity index (χ4n) is 1.25. The molecule has 16 heavy (non-hydrogen) atoms. The van der Waals surface area contributed by atoms with Crippen molar-refractivity contribution in [1.29, 1.82) is 0 Å². The Morgan fingerprint density at radius 2 is 2.06 bits per heavy atom. The zero-order chi connectivity index (χ0) is 12.3. The van der Waals surface area contributed by atoms with Crippen LogP contribution in [0.15, 0.2) is 18.2 Å². The molecule has 0 aromatic heterocycles. The van der Waals surface area contributed by atoms with E-state index in [1.54, 1.807) is 27.0 Å². The molecule has 0 unspecified atom stereocenters. The van der Waals surface area contributed by atoms with Gasteiger partial charge in [0.15, 0.2) is 0 Å². The van der Waals surface area contributed by atoms with Crippen LogP contribution < -0.4 is 15.8 Å². The number of hydrogen-bond donors (Lipinski definition) is 2. The van der Waals surface area contributed by atoms with Crippen LogP contribution in [0.3, 0.4) is 0 Å². The molecule has 1 aromatic carbocycles. The van der Waals surface area contributed by atoms with Gasteiger partial charge in [0.2, 0.25) is 5.91 Å². The third-order valence-corrected chi connectivity index (χ3v) is 2.24. The largest absolute Gasteiger partial charge is 0.496 e. The number of benzene rings is 1. The highest BCUT2D eigenvalue weighted by molar-refractivity contribution is 5.97. The first kappa shape index (κ1) is 12.5. The maximum atomic E-state index is 11.6. The summed E-state index contributed by atoms with van der Waals surface area (Å²) in [7, 11) is 1.61. The van der Waals surface area contributed by atoms with E-state index in [0.29, 0.717) is 0 Å². The van der Waals surface area contributed by atoms with Gasteiger partial charge < -0.3 is 15.8 Å². The van der Waals surface area contributed by atoms with Crippen molar-refractivity contribution in [3.05, 3.63) is 23.8 Å². The Balaban J connectivity index is 2.84. The lowest BCUT2D eigenvalue weighted by Gasteiger charge is -2.18. The van der Waals surface area contributed by atoms with Gasteiger partial charge in [-0.15, -0.1) is 0 Å². The van der Waals surface area contributed by atoms with Gasteiger partial charge in [0, 0.05) is 5.69 Å². The Bertz CT molecular complexity index is 394. The summed E-state index contributed by atoms with van der Waals surface area (Å²) in [6, 6.07) is 5.45. The summed E-state index contributed by atoms with van der Waals surface area (Å²) in [4.78, 5) is 11.6. The highest BCUT2D eigenvalue weighted by Crippen LogP contribution is 2.21. The number of carbonyl (C=O) groups excluding carboxylic acids is 1. The second kappa shape index (κ2) is 4.53. The van der Waals surface area contributed by atoms with Crippen molar-refractivity contribution >= 4 is 11.6 Å². The summed E-state index contributed by atoms with van der Waals surface area (Å²) < 4.78 is 5.13. The predicted molar refractivity (Wildman–Crippen MR) is 64.6 cm³/mol. The first-order valence-corrected chi connectivity index (χ1v) is 5.09. The van der Waals surface area contributed by atoms with E-state index in [1.807, 2.05) is 19.1 Å². The Morgan fingerprint density at radius 1 is 1.44 bits per heavy atom. The molecule has 0 bridgehead atoms. The average molecular weight is 222 g/mol. The summed E-state index contributed by atoms with van der Waals surface area (Å²) >= 11 is 0. The second-order valence-electron chi connectivity index (χ2n) is 4.36. The van der Waals surface area contributed by atoms with E-state index in [1.165, 1.54) is 0 Å². The second-order valence-corrected chi connectivity index (χ2v) is 4.36. The fourth-order valence-corrected chi connectivity index (χ4v) is 1.25. The van der Waals surface area contributed by atoms with E-state index in [4.69, 9.17) is 10.5 Å². The van der Waals surface area contributed by atoms with E-state index < -0.39 is 5.54 Å². The minimum absolute atomic E-state index is 0.211. The molecule has 0 atom stereocenters. The third kappa shape index (κ3) is 2.97. The van der Waals surface area contributed by atoms with Gasteiger partial charge in [-0.3, -0.25) is 4.79 Å². The van der Waals surface area contributed by atoms with Crippen LogP contribution in [0.1, 0.15) is 19.4 Å². The Kier molecular flexibility index (Phi) is 3.55. The van der Waals surface area contributed by atoms with Gasteiger partial charge in [0.05, 0.1) is 12.6 Å². The van der Waals surface area contributed by atoms with E-state index in [2.05, 4.69) is 5.32 Å². The monoisotopic (exact) mass is 222 g/mol. The van der Waals surface area contributed by atoms with E-state index in [-0.39, 0.29) is 5.91 Å². The summed E-state index contributed by atoms with van der Waals surface area (Å²) in [5.74, 6) is 0.585. The number of hydrogen-bond acceptors (Lipinski definition) is 3. The molecule has 4 heteroatoms. The first-order valence-electron chi connectivity index (χ1n) is 5.09. The highest BCUT2D eigenvalue weighted by atomic mass is 16.5. The molecule has 0 radical (unpaired) electrons. The van der Waals surface area contributed by atoms with Crippen LogP contribution in [0.25, 0.3) is 0 Å². The molecule has 0 saturated carbocycles. The lowest BCUT2D eigenvalue weighted by atomic mass is 10.1. The van der Waals surface area contributed by atoms with Crippen molar-refractivity contribution in [2.75, 3.05) is 12.4 Å². The Labute approximate surface area is 95.8 Å². The molecule has 0 heterocycles. The number of anilines is 1. The summed E-state index contributed by atoms with van der Waals surface area (Å²) in [6.45, 7) is 5.25. The normalized spacial score (nSPS) is 11.1. The van der Waals surface area contributed by atoms with Gasteiger partial charge >= 0.3 is 0 Å². The van der Waals surface area contributed by atoms with Crippen LogP contribution in [0, 0.1) is 6.92 Å². The predicted octanol–water partition coefficient (Wildman–Crippen LogP) is 1.68. The van der Waals surface area contributed by atoms with Gasteiger partial charge in [0.25, 0.3) is 0 Å². The SMILES string of the molecule is COc1ccc(NC(=O)C(C)(C)N)cc1C. The molecular formula is C12H18N2O2. The van der Waals surface area contributed by atoms with Crippen LogP contribution in [-0.4, -0.2) is 18.6 Å². The summed E-state index contributed by atoms with van der Waals surface area (Å²) in [6.07, 6.45) is 0. The smallest absolute Gasteiger partial charge is 0.243 e. The Morgan fingerprint density at radius 3 is 2.50 bits per heavy atom. The molecule has 1 amide bonds. The quantitative estimate of drug-likeness (QED) is 0.817. The van der Waals surface area contributed by atoms with E-state index in [9.17, 15) is 4.79 Å². The van der Waals surface area contributed by atoms with Crippen LogP contribution in [-0.2, 0) is 4.79 Å². The maximum Gasteiger partial charge on any atom is 0.243 e. The summed E-state index contributed by atoms with van der Waals surface area (Å²) in [5, 5.41) is 2.75. The molecule has 3 N–H and O–H groups in total. The molecule has 4 nitrogen and oxygen atoms in total. The number of aryl methyl sites for hydroxylation is 1. The fraction of sp³-hybridized carbons (Fsp3) is 0.417. The van der Waals surface area contributed by atoms with Gasteiger partial charge in [0.1, 0.15) is 5.75 Å². The van der Waals surface area contributed by atoms with E-state index >= 15 is 0 Å². The molecule has 0 aliphatic heterocycles. The molecule has 0 saturated heterocycles. The van der Waals surface area contributed by atoms with Crippen LogP contribution >= 0.6 is 0 Å². The van der Waals surface area contributed by atoms with Gasteiger partial charge in [-0.25, -0.2) is 0 Å². The molecule has 0 fully saturated rings. The van der Waals surface area contributed by atoms with Gasteiger partial charge in [-0.05, 0) is 44.5 Å². The first-order chi connectivity index (χ1) is 7.34. The van der Waals surface area contributed by atoms with E-state index in [0.717, 1.165) is 17.0 Å². The number of ether oxygens (including phenoxy) is 1. The molecular weight excluding hydrogens is 204 g/mol. The van der Waals surface area contributed by atoms with Crippen molar-refractivity contribution < 1.29 is 9.53 Å². The molecule has 0 aliphatic rings. The summed E-state index contributed by atoms with van der Waals surface area (Å²) in [5.41, 5.74) is 6.49. The van der Waals surface area contributed by atoms with Crippen molar-refractivity contribution in [2.45, 2.75) is 26.3 Å². The van der Waals surface area contributed by atoms with Gasteiger partial charge in [-0.1, -0.05) is 0 Å². The van der Waals surface area contributed by atoms with Crippen molar-refractivity contribution in [2.24, 2.45) is 5.73 Å².